The molecule has 19 heavy (non-hydrogen) atoms. The Morgan fingerprint density at radius 2 is 1.95 bits per heavy atom. The average molecular weight is 335 g/mol. The number of esters is 1. The molecule has 6 heteroatoms. The van der Waals surface area contributed by atoms with Crippen LogP contribution in [0.25, 0.3) is 0 Å². The largest absolute Gasteiger partial charge is 0.469 e. The Balaban J connectivity index is 3.03. The summed E-state index contributed by atoms with van der Waals surface area (Å²) in [5.41, 5.74) is 0.620. The van der Waals surface area contributed by atoms with Gasteiger partial charge in [-0.3, -0.25) is 4.79 Å². The lowest BCUT2D eigenvalue weighted by Gasteiger charge is -2.31. The molecule has 1 rings (SSSR count). The van der Waals surface area contributed by atoms with E-state index in [-0.39, 0.29) is 24.6 Å². The van der Waals surface area contributed by atoms with E-state index in [0.717, 1.165) is 0 Å². The number of ether oxygens (including phenoxy) is 3. The third kappa shape index (κ3) is 3.75. The molecule has 4 nitrogen and oxygen atoms in total. The van der Waals surface area contributed by atoms with Gasteiger partial charge in [-0.2, -0.15) is 0 Å². The highest BCUT2D eigenvalue weighted by molar-refractivity contribution is 9.10. The van der Waals surface area contributed by atoms with Crippen molar-refractivity contribution in [1.82, 2.24) is 0 Å². The molecule has 0 atom stereocenters. The molecule has 0 heterocycles. The molecule has 0 spiro atoms. The number of hydrogen-bond donors (Lipinski definition) is 0. The van der Waals surface area contributed by atoms with Gasteiger partial charge in [0.25, 0.3) is 0 Å². The van der Waals surface area contributed by atoms with Crippen LogP contribution < -0.4 is 0 Å². The fourth-order valence-electron chi connectivity index (χ4n) is 1.77. The van der Waals surface area contributed by atoms with Crippen LogP contribution in [0.3, 0.4) is 0 Å². The molecule has 0 aliphatic rings. The molecular formula is C13H16BrFO4. The van der Waals surface area contributed by atoms with Gasteiger partial charge >= 0.3 is 5.97 Å². The number of benzene rings is 1. The summed E-state index contributed by atoms with van der Waals surface area (Å²) in [4.78, 5) is 11.2. The topological polar surface area (TPSA) is 44.8 Å². The molecule has 0 unspecified atom stereocenters. The smallest absolute Gasteiger partial charge is 0.305 e. The maximum absolute atomic E-state index is 13.3. The van der Waals surface area contributed by atoms with Crippen LogP contribution in [0.1, 0.15) is 18.4 Å². The molecule has 0 amide bonds. The molecule has 0 aliphatic heterocycles. The number of rotatable bonds is 6. The lowest BCUT2D eigenvalue weighted by molar-refractivity contribution is -0.222. The van der Waals surface area contributed by atoms with Crippen molar-refractivity contribution in [3.05, 3.63) is 34.1 Å². The van der Waals surface area contributed by atoms with E-state index in [4.69, 9.17) is 9.47 Å². The van der Waals surface area contributed by atoms with Crippen molar-refractivity contribution in [1.29, 1.82) is 0 Å². The molecule has 0 saturated heterocycles. The fourth-order valence-corrected chi connectivity index (χ4v) is 2.15. The lowest BCUT2D eigenvalue weighted by Crippen LogP contribution is -2.31. The van der Waals surface area contributed by atoms with Crippen LogP contribution in [0, 0.1) is 5.82 Å². The number of methoxy groups -OCH3 is 3. The Labute approximate surface area is 120 Å². The molecule has 0 bridgehead atoms. The van der Waals surface area contributed by atoms with Gasteiger partial charge in [-0.1, -0.05) is 6.07 Å². The Morgan fingerprint density at radius 1 is 1.32 bits per heavy atom. The first-order valence-corrected chi connectivity index (χ1v) is 6.41. The second-order valence-electron chi connectivity index (χ2n) is 3.87. The molecule has 0 saturated carbocycles. The first-order chi connectivity index (χ1) is 8.99. The maximum Gasteiger partial charge on any atom is 0.305 e. The van der Waals surface area contributed by atoms with Crippen LogP contribution in [0.4, 0.5) is 4.39 Å². The Morgan fingerprint density at radius 3 is 2.42 bits per heavy atom. The molecular weight excluding hydrogens is 319 g/mol. The zero-order valence-electron chi connectivity index (χ0n) is 11.0. The maximum atomic E-state index is 13.3. The Hall–Kier alpha value is -0.980. The number of halogens is 2. The van der Waals surface area contributed by atoms with Crippen LogP contribution in [0.2, 0.25) is 0 Å². The zero-order chi connectivity index (χ0) is 14.5. The molecule has 0 radical (unpaired) electrons. The third-order valence-corrected chi connectivity index (χ3v) is 3.51. The standard InChI is InChI=1S/C13H16BrFO4/c1-17-12(16)6-7-13(18-2,19-3)9-4-5-11(15)10(14)8-9/h4-5,8H,6-7H2,1-3H3. The van der Waals surface area contributed by atoms with Gasteiger partial charge in [0.2, 0.25) is 0 Å². The van der Waals surface area contributed by atoms with Crippen molar-refractivity contribution in [2.24, 2.45) is 0 Å². The highest BCUT2D eigenvalue weighted by Crippen LogP contribution is 2.33. The molecule has 1 aromatic rings. The van der Waals surface area contributed by atoms with Crippen molar-refractivity contribution < 1.29 is 23.4 Å². The monoisotopic (exact) mass is 334 g/mol. The van der Waals surface area contributed by atoms with Crippen LogP contribution >= 0.6 is 15.9 Å². The molecule has 0 aliphatic carbocycles. The van der Waals surface area contributed by atoms with Crippen molar-refractivity contribution in [2.45, 2.75) is 18.6 Å². The van der Waals surface area contributed by atoms with E-state index in [2.05, 4.69) is 20.7 Å². The summed E-state index contributed by atoms with van der Waals surface area (Å²) in [6, 6.07) is 4.44. The molecule has 0 aromatic heterocycles. The summed E-state index contributed by atoms with van der Waals surface area (Å²) in [5.74, 6) is -1.85. The predicted octanol–water partition coefficient (Wildman–Crippen LogP) is 2.99. The normalized spacial score (nSPS) is 11.4. The average Bonchev–Trinajstić information content (AvgIpc) is 2.43. The van der Waals surface area contributed by atoms with Crippen molar-refractivity contribution in [3.8, 4) is 0 Å². The summed E-state index contributed by atoms with van der Waals surface area (Å²) in [6.07, 6.45) is 0.401. The first kappa shape index (κ1) is 16.1. The van der Waals surface area contributed by atoms with E-state index < -0.39 is 5.79 Å². The minimum atomic E-state index is -1.11. The minimum absolute atomic E-state index is 0.132. The minimum Gasteiger partial charge on any atom is -0.469 e. The molecule has 106 valence electrons. The number of hydrogen-bond acceptors (Lipinski definition) is 4. The van der Waals surface area contributed by atoms with E-state index in [1.807, 2.05) is 0 Å². The highest BCUT2D eigenvalue weighted by Gasteiger charge is 2.33. The van der Waals surface area contributed by atoms with Crippen LogP contribution in [0.15, 0.2) is 22.7 Å². The van der Waals surface area contributed by atoms with Gasteiger partial charge in [-0.15, -0.1) is 0 Å². The Kier molecular flexibility index (Phi) is 5.90. The van der Waals surface area contributed by atoms with E-state index in [1.54, 1.807) is 12.1 Å². The quantitative estimate of drug-likeness (QED) is 0.592. The van der Waals surface area contributed by atoms with E-state index in [1.165, 1.54) is 27.4 Å². The molecule has 0 N–H and O–H groups in total. The van der Waals surface area contributed by atoms with Crippen LogP contribution in [0.5, 0.6) is 0 Å². The summed E-state index contributed by atoms with van der Waals surface area (Å²) in [6.45, 7) is 0. The predicted molar refractivity (Wildman–Crippen MR) is 71.0 cm³/mol. The fraction of sp³-hybridized carbons (Fsp3) is 0.462. The van der Waals surface area contributed by atoms with Gasteiger partial charge in [0.05, 0.1) is 18.0 Å². The van der Waals surface area contributed by atoms with Crippen molar-refractivity contribution in [2.75, 3.05) is 21.3 Å². The van der Waals surface area contributed by atoms with Gasteiger partial charge in [-0.25, -0.2) is 4.39 Å². The van der Waals surface area contributed by atoms with Gasteiger partial charge in [0.15, 0.2) is 5.79 Å². The van der Waals surface area contributed by atoms with E-state index in [0.29, 0.717) is 10.0 Å². The lowest BCUT2D eigenvalue weighted by atomic mass is 10.0. The van der Waals surface area contributed by atoms with Crippen molar-refractivity contribution >= 4 is 21.9 Å². The summed E-state index contributed by atoms with van der Waals surface area (Å²) < 4.78 is 28.9. The van der Waals surface area contributed by atoms with E-state index in [9.17, 15) is 9.18 Å². The Bertz CT molecular complexity index is 446. The SMILES string of the molecule is COC(=O)CCC(OC)(OC)c1ccc(F)c(Br)c1. The van der Waals surface area contributed by atoms with Gasteiger partial charge in [0.1, 0.15) is 5.82 Å². The van der Waals surface area contributed by atoms with Gasteiger partial charge < -0.3 is 14.2 Å². The number of carbonyl (C=O) groups is 1. The van der Waals surface area contributed by atoms with Gasteiger partial charge in [-0.05, 0) is 28.1 Å². The second-order valence-corrected chi connectivity index (χ2v) is 4.72. The highest BCUT2D eigenvalue weighted by atomic mass is 79.9. The van der Waals surface area contributed by atoms with E-state index >= 15 is 0 Å². The zero-order valence-corrected chi connectivity index (χ0v) is 12.6. The van der Waals surface area contributed by atoms with Crippen molar-refractivity contribution in [3.63, 3.8) is 0 Å². The first-order valence-electron chi connectivity index (χ1n) is 5.61. The van der Waals surface area contributed by atoms with Gasteiger partial charge in [0, 0.05) is 26.2 Å². The van der Waals surface area contributed by atoms with Crippen LogP contribution in [-0.4, -0.2) is 27.3 Å². The molecule has 1 aromatic carbocycles. The third-order valence-electron chi connectivity index (χ3n) is 2.90. The summed E-state index contributed by atoms with van der Waals surface area (Å²) in [7, 11) is 4.26. The number of carbonyl (C=O) groups excluding carboxylic acids is 1. The summed E-state index contributed by atoms with van der Waals surface area (Å²) in [5, 5.41) is 0. The molecule has 0 fully saturated rings. The van der Waals surface area contributed by atoms with Crippen LogP contribution in [-0.2, 0) is 24.8 Å². The second kappa shape index (κ2) is 6.98. The summed E-state index contributed by atoms with van der Waals surface area (Å²) >= 11 is 3.11.